The Hall–Kier alpha value is -2.71. The number of hydrogen-bond donors (Lipinski definition) is 1. The third kappa shape index (κ3) is 5.62. The molecule has 172 valence electrons. The third-order valence-electron chi connectivity index (χ3n) is 5.75. The Balaban J connectivity index is 1.48. The van der Waals surface area contributed by atoms with Crippen LogP contribution in [-0.2, 0) is 21.4 Å². The van der Waals surface area contributed by atoms with Crippen molar-refractivity contribution in [3.05, 3.63) is 101 Å². The predicted octanol–water partition coefficient (Wildman–Crippen LogP) is 3.70. The number of halogens is 1. The molecule has 1 aliphatic heterocycles. The molecule has 1 atom stereocenters. The van der Waals surface area contributed by atoms with E-state index in [0.717, 1.165) is 11.1 Å². The molecule has 6 nitrogen and oxygen atoms in total. The maximum Gasteiger partial charge on any atom is 0.243 e. The predicted molar refractivity (Wildman–Crippen MR) is 129 cm³/mol. The molecule has 1 saturated heterocycles. The number of sulfonamides is 1. The molecule has 0 unspecified atom stereocenters. The summed E-state index contributed by atoms with van der Waals surface area (Å²) in [6, 6.07) is 25.2. The van der Waals surface area contributed by atoms with E-state index in [4.69, 9.17) is 11.6 Å². The van der Waals surface area contributed by atoms with Crippen molar-refractivity contribution in [2.24, 2.45) is 0 Å². The molecule has 1 N–H and O–H groups in total. The number of rotatable bonds is 7. The van der Waals surface area contributed by atoms with Gasteiger partial charge in [0, 0.05) is 37.7 Å². The van der Waals surface area contributed by atoms with E-state index in [1.807, 2.05) is 65.6 Å². The van der Waals surface area contributed by atoms with Gasteiger partial charge in [-0.2, -0.15) is 4.31 Å². The van der Waals surface area contributed by atoms with Gasteiger partial charge in [0.15, 0.2) is 0 Å². The summed E-state index contributed by atoms with van der Waals surface area (Å²) in [6.45, 7) is 1.91. The van der Waals surface area contributed by atoms with E-state index in [2.05, 4.69) is 5.32 Å². The SMILES string of the molecule is O=C(NCc1ccccc1)[C@@H](c1ccccc1)N1CCN(S(=O)(=O)c2cccc(Cl)c2)CC1. The first-order chi connectivity index (χ1) is 15.9. The van der Waals surface area contributed by atoms with Gasteiger partial charge in [0.1, 0.15) is 6.04 Å². The number of amides is 1. The lowest BCUT2D eigenvalue weighted by Crippen LogP contribution is -2.52. The van der Waals surface area contributed by atoms with Gasteiger partial charge in [0.05, 0.1) is 4.90 Å². The topological polar surface area (TPSA) is 69.7 Å². The zero-order valence-corrected chi connectivity index (χ0v) is 19.7. The summed E-state index contributed by atoms with van der Waals surface area (Å²) in [7, 11) is -3.64. The number of nitrogens with zero attached hydrogens (tertiary/aromatic N) is 2. The average molecular weight is 484 g/mol. The molecule has 0 aliphatic carbocycles. The molecule has 0 spiro atoms. The standard InChI is InChI=1S/C25H26ClN3O3S/c26-22-12-7-13-23(18-22)33(31,32)29-16-14-28(15-17-29)24(21-10-5-2-6-11-21)25(30)27-19-20-8-3-1-4-9-20/h1-13,18,24H,14-17,19H2,(H,27,30)/t24-/m1/s1. The van der Waals surface area contributed by atoms with Gasteiger partial charge in [-0.25, -0.2) is 8.42 Å². The van der Waals surface area contributed by atoms with E-state index in [0.29, 0.717) is 37.7 Å². The molecular weight excluding hydrogens is 458 g/mol. The molecular formula is C25H26ClN3O3S. The molecule has 0 bridgehead atoms. The van der Waals surface area contributed by atoms with Crippen LogP contribution in [0.2, 0.25) is 5.02 Å². The van der Waals surface area contributed by atoms with Crippen LogP contribution in [0.5, 0.6) is 0 Å². The van der Waals surface area contributed by atoms with Crippen molar-refractivity contribution >= 4 is 27.5 Å². The van der Waals surface area contributed by atoms with Crippen molar-refractivity contribution in [2.45, 2.75) is 17.5 Å². The molecule has 1 heterocycles. The van der Waals surface area contributed by atoms with Crippen LogP contribution >= 0.6 is 11.6 Å². The zero-order valence-electron chi connectivity index (χ0n) is 18.1. The van der Waals surface area contributed by atoms with Crippen molar-refractivity contribution in [1.82, 2.24) is 14.5 Å². The van der Waals surface area contributed by atoms with Gasteiger partial charge in [-0.3, -0.25) is 9.69 Å². The fraction of sp³-hybridized carbons (Fsp3) is 0.240. The van der Waals surface area contributed by atoms with Crippen molar-refractivity contribution in [3.63, 3.8) is 0 Å². The smallest absolute Gasteiger partial charge is 0.243 e. The Kier molecular flexibility index (Phi) is 7.45. The Morgan fingerprint density at radius 2 is 1.52 bits per heavy atom. The Morgan fingerprint density at radius 3 is 2.15 bits per heavy atom. The minimum Gasteiger partial charge on any atom is -0.350 e. The minimum absolute atomic E-state index is 0.101. The second kappa shape index (κ2) is 10.5. The molecule has 1 amide bonds. The first kappa shape index (κ1) is 23.4. The normalized spacial score (nSPS) is 16.3. The first-order valence-corrected chi connectivity index (χ1v) is 12.6. The number of hydrogen-bond acceptors (Lipinski definition) is 4. The fourth-order valence-electron chi connectivity index (χ4n) is 4.02. The number of carbonyl (C=O) groups is 1. The highest BCUT2D eigenvalue weighted by molar-refractivity contribution is 7.89. The molecule has 0 radical (unpaired) electrons. The number of nitrogens with one attached hydrogen (secondary N) is 1. The molecule has 33 heavy (non-hydrogen) atoms. The highest BCUT2D eigenvalue weighted by Gasteiger charge is 2.34. The average Bonchev–Trinajstić information content (AvgIpc) is 2.84. The van der Waals surface area contributed by atoms with Crippen molar-refractivity contribution in [3.8, 4) is 0 Å². The molecule has 4 rings (SSSR count). The minimum atomic E-state index is -3.64. The van der Waals surface area contributed by atoms with Crippen molar-refractivity contribution in [1.29, 1.82) is 0 Å². The van der Waals surface area contributed by atoms with Crippen LogP contribution in [0.3, 0.4) is 0 Å². The van der Waals surface area contributed by atoms with E-state index in [-0.39, 0.29) is 10.8 Å². The van der Waals surface area contributed by atoms with Crippen molar-refractivity contribution < 1.29 is 13.2 Å². The Labute approximate surface area is 199 Å². The van der Waals surface area contributed by atoms with Crippen LogP contribution in [0.1, 0.15) is 17.2 Å². The maximum atomic E-state index is 13.3. The van der Waals surface area contributed by atoms with E-state index >= 15 is 0 Å². The lowest BCUT2D eigenvalue weighted by Gasteiger charge is -2.38. The highest BCUT2D eigenvalue weighted by Crippen LogP contribution is 2.26. The maximum absolute atomic E-state index is 13.3. The van der Waals surface area contributed by atoms with E-state index < -0.39 is 16.1 Å². The van der Waals surface area contributed by atoms with Crippen molar-refractivity contribution in [2.75, 3.05) is 26.2 Å². The second-order valence-electron chi connectivity index (χ2n) is 7.91. The highest BCUT2D eigenvalue weighted by atomic mass is 35.5. The van der Waals surface area contributed by atoms with E-state index in [1.54, 1.807) is 18.2 Å². The summed E-state index contributed by atoms with van der Waals surface area (Å²) in [4.78, 5) is 15.5. The molecule has 1 fully saturated rings. The van der Waals surface area contributed by atoms with Gasteiger partial charge in [-0.05, 0) is 29.3 Å². The van der Waals surface area contributed by atoms with Crippen LogP contribution in [0.25, 0.3) is 0 Å². The summed E-state index contributed by atoms with van der Waals surface area (Å²) in [6.07, 6.45) is 0. The van der Waals surface area contributed by atoms with Gasteiger partial charge in [0.2, 0.25) is 15.9 Å². The summed E-state index contributed by atoms with van der Waals surface area (Å²) < 4.78 is 27.6. The van der Waals surface area contributed by atoms with Gasteiger partial charge >= 0.3 is 0 Å². The summed E-state index contributed by atoms with van der Waals surface area (Å²) >= 11 is 6.00. The number of carbonyl (C=O) groups excluding carboxylic acids is 1. The number of benzene rings is 3. The van der Waals surface area contributed by atoms with Crippen LogP contribution in [0.15, 0.2) is 89.8 Å². The summed E-state index contributed by atoms with van der Waals surface area (Å²) in [5, 5.41) is 3.42. The van der Waals surface area contributed by atoms with Gasteiger partial charge < -0.3 is 5.32 Å². The molecule has 3 aromatic rings. The van der Waals surface area contributed by atoms with Crippen LogP contribution in [0.4, 0.5) is 0 Å². The molecule has 1 aliphatic rings. The first-order valence-electron chi connectivity index (χ1n) is 10.8. The van der Waals surface area contributed by atoms with Gasteiger partial charge in [-0.15, -0.1) is 0 Å². The Bertz CT molecular complexity index is 1180. The second-order valence-corrected chi connectivity index (χ2v) is 10.3. The summed E-state index contributed by atoms with van der Waals surface area (Å²) in [5.41, 5.74) is 1.91. The monoisotopic (exact) mass is 483 g/mol. The molecule has 0 aromatic heterocycles. The number of piperazine rings is 1. The van der Waals surface area contributed by atoms with Crippen LogP contribution in [-0.4, -0.2) is 49.7 Å². The lowest BCUT2D eigenvalue weighted by atomic mass is 10.0. The van der Waals surface area contributed by atoms with Crippen LogP contribution < -0.4 is 5.32 Å². The summed E-state index contributed by atoms with van der Waals surface area (Å²) in [5.74, 6) is -0.101. The molecule has 3 aromatic carbocycles. The van der Waals surface area contributed by atoms with E-state index in [1.165, 1.54) is 10.4 Å². The lowest BCUT2D eigenvalue weighted by molar-refractivity contribution is -0.127. The Morgan fingerprint density at radius 1 is 0.879 bits per heavy atom. The largest absolute Gasteiger partial charge is 0.350 e. The van der Waals surface area contributed by atoms with Gasteiger partial charge in [-0.1, -0.05) is 78.3 Å². The molecule has 0 saturated carbocycles. The quantitative estimate of drug-likeness (QED) is 0.556. The molecule has 8 heteroatoms. The van der Waals surface area contributed by atoms with E-state index in [9.17, 15) is 13.2 Å². The van der Waals surface area contributed by atoms with Gasteiger partial charge in [0.25, 0.3) is 0 Å². The zero-order chi connectivity index (χ0) is 23.3. The van der Waals surface area contributed by atoms with Crippen LogP contribution in [0, 0.1) is 0 Å². The third-order valence-corrected chi connectivity index (χ3v) is 7.88. The fourth-order valence-corrected chi connectivity index (χ4v) is 5.75.